The smallest absolute Gasteiger partial charge is 0.271 e. The van der Waals surface area contributed by atoms with E-state index in [4.69, 9.17) is 0 Å². The third-order valence-corrected chi connectivity index (χ3v) is 5.82. The Morgan fingerprint density at radius 1 is 1.23 bits per heavy atom. The van der Waals surface area contributed by atoms with E-state index in [0.717, 1.165) is 10.9 Å². The highest BCUT2D eigenvalue weighted by atomic mass is 32.1. The number of amides is 1. The van der Waals surface area contributed by atoms with E-state index in [9.17, 15) is 25.1 Å². The lowest BCUT2D eigenvalue weighted by Gasteiger charge is -2.26. The van der Waals surface area contributed by atoms with Gasteiger partial charge in [0.15, 0.2) is 0 Å². The number of phenolic OH excluding ortho intramolecular Hbond substituents is 2. The van der Waals surface area contributed by atoms with Gasteiger partial charge in [-0.3, -0.25) is 14.9 Å². The minimum Gasteiger partial charge on any atom is -0.508 e. The highest BCUT2D eigenvalue weighted by Gasteiger charge is 2.31. The van der Waals surface area contributed by atoms with Gasteiger partial charge in [0.2, 0.25) is 5.96 Å². The van der Waals surface area contributed by atoms with Gasteiger partial charge in [-0.25, -0.2) is 10.4 Å². The number of carbonyl (C=O) groups excluding carboxylic acids is 1. The first kappa shape index (κ1) is 23.4. The maximum atomic E-state index is 13.3. The van der Waals surface area contributed by atoms with Crippen LogP contribution in [0.2, 0.25) is 0 Å². The molecule has 1 amide bonds. The quantitative estimate of drug-likeness (QED) is 0.199. The SMILES string of the molecule is CC1=C(C(=O)Nc2cccc([N+](=O)[O-])c2)C(c2ccc(O)cc2O)N=C(N/N=C/c2cccs2)N1. The average Bonchev–Trinajstić information content (AvgIpc) is 3.32. The van der Waals surface area contributed by atoms with Gasteiger partial charge in [-0.05, 0) is 36.6 Å². The maximum absolute atomic E-state index is 13.3. The molecule has 2 heterocycles. The number of rotatable bonds is 6. The number of allylic oxidation sites excluding steroid dienone is 1. The Balaban J connectivity index is 1.65. The highest BCUT2D eigenvalue weighted by molar-refractivity contribution is 7.11. The molecule has 12 heteroatoms. The molecule has 0 saturated heterocycles. The normalized spacial score (nSPS) is 15.5. The van der Waals surface area contributed by atoms with Crippen LogP contribution in [0.5, 0.6) is 11.5 Å². The lowest BCUT2D eigenvalue weighted by molar-refractivity contribution is -0.384. The molecule has 1 aromatic heterocycles. The van der Waals surface area contributed by atoms with E-state index in [1.165, 1.54) is 47.7 Å². The second-order valence-electron chi connectivity index (χ2n) is 7.43. The van der Waals surface area contributed by atoms with Gasteiger partial charge in [0.05, 0.1) is 16.7 Å². The molecule has 5 N–H and O–H groups in total. The number of benzene rings is 2. The number of hydrogen-bond donors (Lipinski definition) is 5. The van der Waals surface area contributed by atoms with Crippen LogP contribution in [0.3, 0.4) is 0 Å². The van der Waals surface area contributed by atoms with E-state index in [2.05, 4.69) is 26.2 Å². The zero-order chi connectivity index (χ0) is 24.9. The van der Waals surface area contributed by atoms with Gasteiger partial charge in [-0.1, -0.05) is 12.1 Å². The number of aromatic hydroxyl groups is 2. The van der Waals surface area contributed by atoms with Gasteiger partial charge >= 0.3 is 0 Å². The number of phenols is 2. The number of hydrogen-bond acceptors (Lipinski definition) is 10. The Kier molecular flexibility index (Phi) is 6.73. The van der Waals surface area contributed by atoms with Crippen molar-refractivity contribution in [3.63, 3.8) is 0 Å². The largest absolute Gasteiger partial charge is 0.508 e. The number of thiophene rings is 1. The molecular weight excluding hydrogens is 472 g/mol. The predicted molar refractivity (Wildman–Crippen MR) is 133 cm³/mol. The summed E-state index contributed by atoms with van der Waals surface area (Å²) in [6.07, 6.45) is 1.62. The van der Waals surface area contributed by atoms with Crippen LogP contribution in [0.15, 0.2) is 81.3 Å². The lowest BCUT2D eigenvalue weighted by Crippen LogP contribution is -2.39. The molecule has 35 heavy (non-hydrogen) atoms. The summed E-state index contributed by atoms with van der Waals surface area (Å²) in [4.78, 5) is 29.2. The van der Waals surface area contributed by atoms with Gasteiger partial charge in [-0.15, -0.1) is 11.3 Å². The Morgan fingerprint density at radius 2 is 2.06 bits per heavy atom. The van der Waals surface area contributed by atoms with Crippen LogP contribution >= 0.6 is 11.3 Å². The molecular formula is C23H20N6O5S. The van der Waals surface area contributed by atoms with Crippen LogP contribution in [-0.2, 0) is 4.79 Å². The molecule has 0 aliphatic carbocycles. The van der Waals surface area contributed by atoms with Crippen molar-refractivity contribution in [2.45, 2.75) is 13.0 Å². The molecule has 1 atom stereocenters. The summed E-state index contributed by atoms with van der Waals surface area (Å²) in [7, 11) is 0. The number of carbonyl (C=O) groups is 1. The number of guanidine groups is 1. The van der Waals surface area contributed by atoms with Crippen LogP contribution in [-0.4, -0.2) is 33.2 Å². The number of nitro benzene ring substituents is 1. The van der Waals surface area contributed by atoms with Crippen LogP contribution in [0.1, 0.15) is 23.4 Å². The fraction of sp³-hybridized carbons (Fsp3) is 0.0870. The molecule has 3 aromatic rings. The first-order chi connectivity index (χ1) is 16.8. The fourth-order valence-corrected chi connectivity index (χ4v) is 4.02. The molecule has 2 aromatic carbocycles. The van der Waals surface area contributed by atoms with E-state index >= 15 is 0 Å². The first-order valence-corrected chi connectivity index (χ1v) is 11.2. The van der Waals surface area contributed by atoms with Gasteiger partial charge < -0.3 is 20.8 Å². The van der Waals surface area contributed by atoms with Gasteiger partial charge in [0, 0.05) is 40.0 Å². The number of hydrazone groups is 1. The Labute approximate surface area is 203 Å². The number of nitro groups is 1. The molecule has 0 spiro atoms. The molecule has 0 fully saturated rings. The van der Waals surface area contributed by atoms with Gasteiger partial charge in [0.1, 0.15) is 17.5 Å². The Hall–Kier alpha value is -4.71. The number of aliphatic imine (C=N–C) groups is 1. The summed E-state index contributed by atoms with van der Waals surface area (Å²) in [5.41, 5.74) is 3.72. The van der Waals surface area contributed by atoms with Crippen LogP contribution < -0.4 is 16.1 Å². The Morgan fingerprint density at radius 3 is 2.77 bits per heavy atom. The van der Waals surface area contributed by atoms with E-state index < -0.39 is 16.9 Å². The minimum atomic E-state index is -0.963. The van der Waals surface area contributed by atoms with Gasteiger partial charge in [-0.2, -0.15) is 5.10 Å². The van der Waals surface area contributed by atoms with Crippen molar-refractivity contribution in [3.05, 3.63) is 91.8 Å². The molecule has 1 unspecified atom stereocenters. The molecule has 1 aliphatic heterocycles. The van der Waals surface area contributed by atoms with Gasteiger partial charge in [0.25, 0.3) is 11.6 Å². The minimum absolute atomic E-state index is 0.147. The molecule has 4 rings (SSSR count). The summed E-state index contributed by atoms with van der Waals surface area (Å²) >= 11 is 1.51. The molecule has 1 aliphatic rings. The van der Waals surface area contributed by atoms with E-state index in [0.29, 0.717) is 5.70 Å². The van der Waals surface area contributed by atoms with Crippen LogP contribution in [0.25, 0.3) is 0 Å². The second-order valence-corrected chi connectivity index (χ2v) is 8.41. The standard InChI is InChI=1S/C23H20N6O5S/c1-13-20(22(32)26-14-4-2-5-15(10-14)29(33)34)21(18-8-7-16(30)11-19(18)31)27-23(25-13)28-24-12-17-6-3-9-35-17/h2-12,21,30-31H,1H3,(H,26,32)(H2,25,27,28)/b24-12+. The van der Waals surface area contributed by atoms with Crippen molar-refractivity contribution in [2.75, 3.05) is 5.32 Å². The van der Waals surface area contributed by atoms with Crippen molar-refractivity contribution in [2.24, 2.45) is 10.1 Å². The van der Waals surface area contributed by atoms with Crippen molar-refractivity contribution < 1.29 is 19.9 Å². The fourth-order valence-electron chi connectivity index (χ4n) is 3.43. The maximum Gasteiger partial charge on any atom is 0.271 e. The summed E-state index contributed by atoms with van der Waals surface area (Å²) in [6.45, 7) is 1.66. The Bertz CT molecular complexity index is 1370. The average molecular weight is 493 g/mol. The molecule has 0 radical (unpaired) electrons. The van der Waals surface area contributed by atoms with Crippen molar-refractivity contribution in [3.8, 4) is 11.5 Å². The monoisotopic (exact) mass is 492 g/mol. The predicted octanol–water partition coefficient (Wildman–Crippen LogP) is 3.60. The molecule has 0 bridgehead atoms. The van der Waals surface area contributed by atoms with Crippen molar-refractivity contribution >= 4 is 40.8 Å². The third-order valence-electron chi connectivity index (χ3n) is 5.02. The van der Waals surface area contributed by atoms with Crippen molar-refractivity contribution in [1.29, 1.82) is 0 Å². The van der Waals surface area contributed by atoms with E-state index in [1.807, 2.05) is 17.5 Å². The number of nitrogens with one attached hydrogen (secondary N) is 3. The van der Waals surface area contributed by atoms with Crippen LogP contribution in [0.4, 0.5) is 11.4 Å². The van der Waals surface area contributed by atoms with Crippen LogP contribution in [0, 0.1) is 10.1 Å². The lowest BCUT2D eigenvalue weighted by atomic mass is 9.94. The zero-order valence-corrected chi connectivity index (χ0v) is 19.1. The van der Waals surface area contributed by atoms with Crippen molar-refractivity contribution in [1.82, 2.24) is 10.7 Å². The molecule has 0 saturated carbocycles. The van der Waals surface area contributed by atoms with E-state index in [-0.39, 0.29) is 40.0 Å². The summed E-state index contributed by atoms with van der Waals surface area (Å²) in [5.74, 6) is -0.737. The number of anilines is 1. The zero-order valence-electron chi connectivity index (χ0n) is 18.3. The molecule has 11 nitrogen and oxygen atoms in total. The highest BCUT2D eigenvalue weighted by Crippen LogP contribution is 2.37. The number of nitrogens with zero attached hydrogens (tertiary/aromatic N) is 3. The summed E-state index contributed by atoms with van der Waals surface area (Å²) in [6, 6.07) is 12.4. The summed E-state index contributed by atoms with van der Waals surface area (Å²) < 4.78 is 0. The topological polar surface area (TPSA) is 161 Å². The first-order valence-electron chi connectivity index (χ1n) is 10.3. The third kappa shape index (κ3) is 5.45. The molecule has 178 valence electrons. The summed E-state index contributed by atoms with van der Waals surface area (Å²) in [5, 5.41) is 43.0. The second kappa shape index (κ2) is 10.1. The van der Waals surface area contributed by atoms with E-state index in [1.54, 1.807) is 13.1 Å². The number of non-ortho nitro benzene ring substituents is 1.